The molecule has 0 saturated carbocycles. The average Bonchev–Trinajstić information content (AvgIpc) is 2.25. The van der Waals surface area contributed by atoms with E-state index in [4.69, 9.17) is 5.11 Å². The molecule has 1 aromatic carbocycles. The van der Waals surface area contributed by atoms with Crippen molar-refractivity contribution in [1.29, 1.82) is 0 Å². The highest BCUT2D eigenvalue weighted by Crippen LogP contribution is 2.25. The largest absolute Gasteiger partial charge is 0.389 e. The number of β-amino-alcohol motifs (C(OH)–C–C–N with tert-alkyl or cyclic N) is 1. The van der Waals surface area contributed by atoms with E-state index in [1.54, 1.807) is 16.7 Å². The van der Waals surface area contributed by atoms with Crippen LogP contribution < -0.4 is 0 Å². The average molecular weight is 237 g/mol. The molecular formula is C12H15NO2S. The van der Waals surface area contributed by atoms with Crippen LogP contribution in [0.3, 0.4) is 0 Å². The lowest BCUT2D eigenvalue weighted by molar-refractivity contribution is -0.140. The van der Waals surface area contributed by atoms with Gasteiger partial charge in [-0.25, -0.2) is 0 Å². The molecule has 1 aliphatic rings. The van der Waals surface area contributed by atoms with E-state index in [-0.39, 0.29) is 17.3 Å². The molecule has 1 fully saturated rings. The molecule has 4 heteroatoms. The van der Waals surface area contributed by atoms with Crippen LogP contribution in [0.5, 0.6) is 0 Å². The lowest BCUT2D eigenvalue weighted by Crippen LogP contribution is -2.55. The van der Waals surface area contributed by atoms with Gasteiger partial charge in [0.15, 0.2) is 0 Å². The highest BCUT2D eigenvalue weighted by molar-refractivity contribution is 8.00. The molecule has 1 unspecified atom stereocenters. The fourth-order valence-corrected chi connectivity index (χ4v) is 2.62. The third kappa shape index (κ3) is 2.57. The van der Waals surface area contributed by atoms with Crippen molar-refractivity contribution in [3.8, 4) is 0 Å². The summed E-state index contributed by atoms with van der Waals surface area (Å²) in [6.45, 7) is 2.88. The maximum absolute atomic E-state index is 11.9. The Morgan fingerprint density at radius 3 is 2.62 bits per heavy atom. The van der Waals surface area contributed by atoms with Gasteiger partial charge in [-0.2, -0.15) is 0 Å². The van der Waals surface area contributed by atoms with Gasteiger partial charge in [-0.3, -0.25) is 4.79 Å². The smallest absolute Gasteiger partial charge is 0.235 e. The molecule has 1 heterocycles. The second kappa shape index (κ2) is 4.89. The molecule has 0 radical (unpaired) electrons. The summed E-state index contributed by atoms with van der Waals surface area (Å²) >= 11 is 1.56. The lowest BCUT2D eigenvalue weighted by atomic mass is 10.1. The summed E-state index contributed by atoms with van der Waals surface area (Å²) in [4.78, 5) is 14.7. The minimum absolute atomic E-state index is 0.0881. The summed E-state index contributed by atoms with van der Waals surface area (Å²) in [5, 5.41) is 9.05. The number of amides is 1. The van der Waals surface area contributed by atoms with Crippen LogP contribution in [0, 0.1) is 0 Å². The first kappa shape index (κ1) is 11.5. The molecular weight excluding hydrogens is 222 g/mol. The predicted octanol–water partition coefficient (Wildman–Crippen LogP) is 1.37. The van der Waals surface area contributed by atoms with E-state index >= 15 is 0 Å². The van der Waals surface area contributed by atoms with Gasteiger partial charge in [0.25, 0.3) is 0 Å². The van der Waals surface area contributed by atoms with Crippen molar-refractivity contribution in [3.05, 3.63) is 30.3 Å². The number of thioether (sulfide) groups is 1. The van der Waals surface area contributed by atoms with Gasteiger partial charge >= 0.3 is 0 Å². The SMILES string of the molecule is CC(Sc1ccccc1)C(=O)N1CC(O)C1. The van der Waals surface area contributed by atoms with E-state index in [2.05, 4.69) is 0 Å². The Morgan fingerprint density at radius 1 is 1.44 bits per heavy atom. The Hall–Kier alpha value is -1.00. The molecule has 16 heavy (non-hydrogen) atoms. The Morgan fingerprint density at radius 2 is 2.06 bits per heavy atom. The van der Waals surface area contributed by atoms with Crippen LogP contribution in [0.2, 0.25) is 0 Å². The number of carbonyl (C=O) groups excluding carboxylic acids is 1. The zero-order valence-electron chi connectivity index (χ0n) is 9.17. The van der Waals surface area contributed by atoms with Gasteiger partial charge < -0.3 is 10.0 Å². The van der Waals surface area contributed by atoms with Gasteiger partial charge in [0.05, 0.1) is 11.4 Å². The number of nitrogens with zero attached hydrogens (tertiary/aromatic N) is 1. The Kier molecular flexibility index (Phi) is 3.51. The van der Waals surface area contributed by atoms with Crippen molar-refractivity contribution in [1.82, 2.24) is 4.90 Å². The molecule has 3 nitrogen and oxygen atoms in total. The minimum atomic E-state index is -0.321. The standard InChI is InChI=1S/C12H15NO2S/c1-9(12(15)13-7-10(14)8-13)16-11-5-3-2-4-6-11/h2-6,9-10,14H,7-8H2,1H3. The molecule has 2 rings (SSSR count). The van der Waals surface area contributed by atoms with E-state index in [0.717, 1.165) is 4.90 Å². The molecule has 86 valence electrons. The Labute approximate surface area is 99.5 Å². The third-order valence-corrected chi connectivity index (χ3v) is 3.68. The lowest BCUT2D eigenvalue weighted by Gasteiger charge is -2.37. The number of hydrogen-bond acceptors (Lipinski definition) is 3. The van der Waals surface area contributed by atoms with Crippen LogP contribution in [0.1, 0.15) is 6.92 Å². The first-order valence-corrected chi connectivity index (χ1v) is 6.23. The van der Waals surface area contributed by atoms with Gasteiger partial charge in [-0.15, -0.1) is 11.8 Å². The number of carbonyl (C=O) groups is 1. The van der Waals surface area contributed by atoms with E-state index in [0.29, 0.717) is 13.1 Å². The van der Waals surface area contributed by atoms with Crippen LogP contribution in [-0.4, -0.2) is 40.4 Å². The minimum Gasteiger partial charge on any atom is -0.389 e. The second-order valence-corrected chi connectivity index (χ2v) is 5.38. The maximum Gasteiger partial charge on any atom is 0.235 e. The summed E-state index contributed by atoms with van der Waals surface area (Å²) in [6.07, 6.45) is -0.321. The van der Waals surface area contributed by atoms with Crippen molar-refractivity contribution >= 4 is 17.7 Å². The quantitative estimate of drug-likeness (QED) is 0.807. The van der Waals surface area contributed by atoms with E-state index in [1.807, 2.05) is 37.3 Å². The van der Waals surface area contributed by atoms with Crippen LogP contribution in [0.4, 0.5) is 0 Å². The van der Waals surface area contributed by atoms with E-state index < -0.39 is 0 Å². The number of hydrogen-bond donors (Lipinski definition) is 1. The molecule has 1 aromatic rings. The van der Waals surface area contributed by atoms with Gasteiger partial charge in [-0.05, 0) is 19.1 Å². The molecule has 0 bridgehead atoms. The zero-order chi connectivity index (χ0) is 11.5. The first-order chi connectivity index (χ1) is 7.66. The number of benzene rings is 1. The summed E-state index contributed by atoms with van der Waals surface area (Å²) in [6, 6.07) is 9.89. The fraction of sp³-hybridized carbons (Fsp3) is 0.417. The monoisotopic (exact) mass is 237 g/mol. The van der Waals surface area contributed by atoms with Gasteiger partial charge in [0, 0.05) is 18.0 Å². The van der Waals surface area contributed by atoms with Crippen LogP contribution >= 0.6 is 11.8 Å². The molecule has 1 amide bonds. The van der Waals surface area contributed by atoms with Crippen LogP contribution in [0.15, 0.2) is 35.2 Å². The van der Waals surface area contributed by atoms with Crippen molar-refractivity contribution in [3.63, 3.8) is 0 Å². The maximum atomic E-state index is 11.9. The molecule has 1 N–H and O–H groups in total. The van der Waals surface area contributed by atoms with E-state index in [1.165, 1.54) is 0 Å². The Balaban J connectivity index is 1.88. The van der Waals surface area contributed by atoms with Crippen LogP contribution in [-0.2, 0) is 4.79 Å². The molecule has 1 saturated heterocycles. The van der Waals surface area contributed by atoms with Crippen molar-refractivity contribution in [2.75, 3.05) is 13.1 Å². The summed E-state index contributed by atoms with van der Waals surface area (Å²) in [5.74, 6) is 0.110. The van der Waals surface area contributed by atoms with Gasteiger partial charge in [0.2, 0.25) is 5.91 Å². The summed E-state index contributed by atoms with van der Waals surface area (Å²) in [5.41, 5.74) is 0. The predicted molar refractivity (Wildman–Crippen MR) is 64.3 cm³/mol. The second-order valence-electron chi connectivity index (χ2n) is 3.97. The molecule has 1 atom stereocenters. The highest BCUT2D eigenvalue weighted by Gasteiger charge is 2.31. The summed E-state index contributed by atoms with van der Waals surface area (Å²) in [7, 11) is 0. The number of rotatable bonds is 3. The van der Waals surface area contributed by atoms with Crippen molar-refractivity contribution in [2.24, 2.45) is 0 Å². The van der Waals surface area contributed by atoms with Crippen molar-refractivity contribution in [2.45, 2.75) is 23.2 Å². The fourth-order valence-electron chi connectivity index (χ4n) is 1.65. The first-order valence-electron chi connectivity index (χ1n) is 5.35. The number of aliphatic hydroxyl groups excluding tert-OH is 1. The highest BCUT2D eigenvalue weighted by atomic mass is 32.2. The van der Waals surface area contributed by atoms with Gasteiger partial charge in [-0.1, -0.05) is 18.2 Å². The zero-order valence-corrected chi connectivity index (χ0v) is 9.98. The van der Waals surface area contributed by atoms with Crippen molar-refractivity contribution < 1.29 is 9.90 Å². The van der Waals surface area contributed by atoms with Gasteiger partial charge in [0.1, 0.15) is 0 Å². The number of likely N-dealkylation sites (tertiary alicyclic amines) is 1. The summed E-state index contributed by atoms with van der Waals surface area (Å²) < 4.78 is 0. The molecule has 0 aliphatic carbocycles. The topological polar surface area (TPSA) is 40.5 Å². The van der Waals surface area contributed by atoms with E-state index in [9.17, 15) is 4.79 Å². The Bertz CT molecular complexity index is 363. The van der Waals surface area contributed by atoms with Crippen LogP contribution in [0.25, 0.3) is 0 Å². The molecule has 1 aliphatic heterocycles. The number of aliphatic hydroxyl groups is 1. The normalized spacial score (nSPS) is 18.0. The third-order valence-electron chi connectivity index (χ3n) is 2.58. The molecule has 0 aromatic heterocycles. The molecule has 0 spiro atoms.